The lowest BCUT2D eigenvalue weighted by Gasteiger charge is -2.50. The number of hydrogen-bond acceptors (Lipinski definition) is 2. The molecule has 0 spiro atoms. The zero-order chi connectivity index (χ0) is 26.8. The van der Waals surface area contributed by atoms with E-state index >= 15 is 0 Å². The summed E-state index contributed by atoms with van der Waals surface area (Å²) >= 11 is 0. The van der Waals surface area contributed by atoms with Crippen LogP contribution in [0.3, 0.4) is 0 Å². The van der Waals surface area contributed by atoms with Crippen molar-refractivity contribution in [3.05, 3.63) is 83.4 Å². The minimum absolute atomic E-state index is 0.0367. The lowest BCUT2D eigenvalue weighted by atomic mass is 9.67. The van der Waals surface area contributed by atoms with Crippen molar-refractivity contribution < 1.29 is 0 Å². The van der Waals surface area contributed by atoms with Gasteiger partial charge in [-0.25, -0.2) is 0 Å². The van der Waals surface area contributed by atoms with Crippen molar-refractivity contribution in [1.82, 2.24) is 10.6 Å². The van der Waals surface area contributed by atoms with Gasteiger partial charge in [-0.1, -0.05) is 94.3 Å². The molecule has 5 rings (SSSR count). The first-order valence-electron chi connectivity index (χ1n) is 14.6. The van der Waals surface area contributed by atoms with E-state index in [9.17, 15) is 0 Å². The lowest BCUT2D eigenvalue weighted by Crippen LogP contribution is -2.59. The fourth-order valence-electron chi connectivity index (χ4n) is 7.00. The molecule has 2 aliphatic rings. The van der Waals surface area contributed by atoms with Crippen LogP contribution in [0.15, 0.2) is 66.7 Å². The molecule has 0 amide bonds. The first kappa shape index (κ1) is 28.0. The first-order chi connectivity index (χ1) is 18.4. The molecular weight excluding hydrogens is 498 g/mol. The van der Waals surface area contributed by atoms with Gasteiger partial charge in [0, 0.05) is 17.2 Å². The van der Waals surface area contributed by atoms with Gasteiger partial charge in [0.15, 0.2) is 0 Å². The second-order valence-electron chi connectivity index (χ2n) is 12.3. The largest absolute Gasteiger partial charge is 0.313 e. The van der Waals surface area contributed by atoms with E-state index in [1.165, 1.54) is 71.9 Å². The fraction of sp³-hybridized carbons (Fsp3) is 0.471. The molecule has 0 radical (unpaired) electrons. The van der Waals surface area contributed by atoms with Gasteiger partial charge in [0.2, 0.25) is 0 Å². The molecule has 2 N–H and O–H groups in total. The second kappa shape index (κ2) is 11.9. The Hall–Kier alpha value is -1.56. The molecule has 38 heavy (non-hydrogen) atoms. The van der Waals surface area contributed by atoms with Crippen LogP contribution in [-0.2, 0) is 16.7 Å². The molecule has 3 aromatic carbocycles. The van der Waals surface area contributed by atoms with Crippen LogP contribution >= 0.6 is 18.5 Å². The molecule has 0 bridgehead atoms. The topological polar surface area (TPSA) is 24.1 Å². The van der Waals surface area contributed by atoms with Crippen molar-refractivity contribution in [1.29, 1.82) is 0 Å². The monoisotopic (exact) mass is 544 g/mol. The maximum Gasteiger partial charge on any atom is 0.0408 e. The Bertz CT molecular complexity index is 1190. The summed E-state index contributed by atoms with van der Waals surface area (Å²) in [5.41, 5.74) is 9.86. The van der Waals surface area contributed by atoms with Gasteiger partial charge in [-0.3, -0.25) is 0 Å². The molecule has 2 heterocycles. The van der Waals surface area contributed by atoms with Crippen molar-refractivity contribution >= 4 is 18.5 Å². The van der Waals surface area contributed by atoms with Crippen molar-refractivity contribution in [2.45, 2.75) is 88.1 Å². The van der Waals surface area contributed by atoms with Crippen LogP contribution in [0.1, 0.15) is 76.0 Å². The molecule has 0 aliphatic carbocycles. The summed E-state index contributed by atoms with van der Waals surface area (Å²) in [5.74, 6) is 0. The molecule has 4 unspecified atom stereocenters. The molecule has 2 nitrogen and oxygen atoms in total. The van der Waals surface area contributed by atoms with Crippen LogP contribution in [0.25, 0.3) is 22.3 Å². The van der Waals surface area contributed by atoms with Crippen LogP contribution in [0.2, 0.25) is 0 Å². The Morgan fingerprint density at radius 2 is 1.26 bits per heavy atom. The lowest BCUT2D eigenvalue weighted by molar-refractivity contribution is 0.235. The predicted octanol–water partition coefficient (Wildman–Crippen LogP) is 8.05. The van der Waals surface area contributed by atoms with Crippen LogP contribution < -0.4 is 10.6 Å². The van der Waals surface area contributed by atoms with Crippen molar-refractivity contribution in [2.75, 3.05) is 13.1 Å². The number of rotatable bonds is 6. The van der Waals surface area contributed by atoms with E-state index in [1.54, 1.807) is 5.56 Å². The molecule has 2 fully saturated rings. The summed E-state index contributed by atoms with van der Waals surface area (Å²) in [5, 5.41) is 7.96. The minimum atomic E-state index is -0.0892. The highest BCUT2D eigenvalue weighted by molar-refractivity contribution is 7.18. The van der Waals surface area contributed by atoms with E-state index in [1.807, 2.05) is 0 Å². The fourth-order valence-corrected chi connectivity index (χ4v) is 8.23. The average Bonchev–Trinajstić information content (AvgIpc) is 2.97. The summed E-state index contributed by atoms with van der Waals surface area (Å²) in [7, 11) is 6.57. The van der Waals surface area contributed by atoms with Crippen LogP contribution in [0, 0.1) is 0 Å². The zero-order valence-corrected chi connectivity index (χ0v) is 25.8. The van der Waals surface area contributed by atoms with Crippen molar-refractivity contribution in [2.24, 2.45) is 0 Å². The van der Waals surface area contributed by atoms with E-state index in [2.05, 4.69) is 117 Å². The zero-order valence-electron chi connectivity index (χ0n) is 23.5. The van der Waals surface area contributed by atoms with Crippen molar-refractivity contribution in [3.8, 4) is 22.3 Å². The minimum Gasteiger partial charge on any atom is -0.313 e. The van der Waals surface area contributed by atoms with Gasteiger partial charge < -0.3 is 10.6 Å². The predicted molar refractivity (Wildman–Crippen MR) is 172 cm³/mol. The molecule has 4 atom stereocenters. The van der Waals surface area contributed by atoms with Gasteiger partial charge in [-0.15, -0.1) is 18.5 Å². The van der Waals surface area contributed by atoms with E-state index in [4.69, 9.17) is 0 Å². The smallest absolute Gasteiger partial charge is 0.0408 e. The Morgan fingerprint density at radius 1 is 0.737 bits per heavy atom. The maximum atomic E-state index is 4.02. The normalized spacial score (nSPS) is 22.1. The summed E-state index contributed by atoms with van der Waals surface area (Å²) in [6, 6.07) is 25.6. The van der Waals surface area contributed by atoms with E-state index < -0.39 is 0 Å². The molecule has 3 aromatic rings. The molecule has 0 aromatic heterocycles. The van der Waals surface area contributed by atoms with Gasteiger partial charge >= 0.3 is 0 Å². The van der Waals surface area contributed by atoms with Crippen LogP contribution in [0.4, 0.5) is 0 Å². The molecule has 4 heteroatoms. The average molecular weight is 545 g/mol. The number of hydrogen-bond donors (Lipinski definition) is 2. The second-order valence-corrected chi connectivity index (χ2v) is 13.7. The van der Waals surface area contributed by atoms with Crippen LogP contribution in [-0.4, -0.2) is 25.2 Å². The molecule has 0 saturated carbocycles. The quantitative estimate of drug-likeness (QED) is 0.307. The number of nitrogens with one attached hydrogen (secondary N) is 2. The Labute approximate surface area is 235 Å². The molecular formula is C34H46N2P2. The first-order valence-corrected chi connectivity index (χ1v) is 16.0. The summed E-state index contributed by atoms with van der Waals surface area (Å²) in [4.78, 5) is 0. The van der Waals surface area contributed by atoms with E-state index in [0.29, 0.717) is 12.1 Å². The third kappa shape index (κ3) is 5.40. The van der Waals surface area contributed by atoms with E-state index in [-0.39, 0.29) is 10.6 Å². The highest BCUT2D eigenvalue weighted by Crippen LogP contribution is 2.53. The third-order valence-electron chi connectivity index (χ3n) is 8.73. The standard InChI is InChI=1S/C34H46N2P2/c1-33(2,3)32-30(25-16-8-5-9-17-25)27(24-14-6-4-7-15-24)22-26(23-37)31(32)34(38,28-18-10-12-20-35-28)29-19-11-13-21-36-29/h4-9,14-17,22,28-29,35-36H,10-13,18-21,23,37-38H2,1-3H3. The Morgan fingerprint density at radius 3 is 1.71 bits per heavy atom. The van der Waals surface area contributed by atoms with Gasteiger partial charge in [-0.2, -0.15) is 0 Å². The highest BCUT2D eigenvalue weighted by Gasteiger charge is 2.48. The highest BCUT2D eigenvalue weighted by atomic mass is 31.0. The molecule has 202 valence electrons. The van der Waals surface area contributed by atoms with Gasteiger partial charge in [0.25, 0.3) is 0 Å². The summed E-state index contributed by atoms with van der Waals surface area (Å²) in [6.45, 7) is 9.50. The number of piperidine rings is 2. The number of benzene rings is 3. The molecule has 2 saturated heterocycles. The Balaban J connectivity index is 1.89. The Kier molecular flexibility index (Phi) is 8.76. The van der Waals surface area contributed by atoms with Gasteiger partial charge in [0.05, 0.1) is 0 Å². The van der Waals surface area contributed by atoms with Crippen LogP contribution in [0.5, 0.6) is 0 Å². The SMILES string of the molecule is CC(C)(C)c1c(-c2ccccc2)c(-c2ccccc2)cc(CP)c1C(P)(C1CCCCN1)C1CCCCN1. The van der Waals surface area contributed by atoms with Gasteiger partial charge in [0.1, 0.15) is 0 Å². The van der Waals surface area contributed by atoms with Crippen molar-refractivity contribution in [3.63, 3.8) is 0 Å². The summed E-state index contributed by atoms with van der Waals surface area (Å²) in [6.07, 6.45) is 8.55. The third-order valence-corrected chi connectivity index (χ3v) is 10.3. The summed E-state index contributed by atoms with van der Waals surface area (Å²) < 4.78 is 0. The maximum absolute atomic E-state index is 4.02. The molecule has 2 aliphatic heterocycles. The van der Waals surface area contributed by atoms with Gasteiger partial charge in [-0.05, 0) is 95.4 Å². The van der Waals surface area contributed by atoms with E-state index in [0.717, 1.165) is 19.3 Å².